The highest BCUT2D eigenvalue weighted by Crippen LogP contribution is 2.37. The van der Waals surface area contributed by atoms with Crippen molar-refractivity contribution in [3.05, 3.63) is 23.3 Å². The van der Waals surface area contributed by atoms with Gasteiger partial charge in [0.25, 0.3) is 0 Å². The number of alkyl carbamates (subject to hydrolysis) is 1. The molecule has 0 aliphatic heterocycles. The average molecular weight is 266 g/mol. The molecule has 0 saturated heterocycles. The minimum Gasteiger partial charge on any atom is -0.494 e. The SMILES string of the molecule is CC(C)(C)OC(=O)NC1C=CCc2c(O)[nH]c(O)c21. The van der Waals surface area contributed by atoms with Crippen LogP contribution in [0.3, 0.4) is 0 Å². The number of aromatic nitrogens is 1. The van der Waals surface area contributed by atoms with Crippen molar-refractivity contribution in [1.82, 2.24) is 10.3 Å². The third-order valence-corrected chi connectivity index (χ3v) is 2.74. The van der Waals surface area contributed by atoms with Crippen LogP contribution in [0.4, 0.5) is 4.79 Å². The number of aromatic amines is 1. The molecule has 1 aliphatic rings. The predicted octanol–water partition coefficient (Wildman–Crippen LogP) is 2.10. The number of allylic oxidation sites excluding steroid dienone is 1. The molecule has 1 aromatic heterocycles. The molecule has 6 heteroatoms. The maximum absolute atomic E-state index is 11.7. The quantitative estimate of drug-likeness (QED) is 0.585. The van der Waals surface area contributed by atoms with Crippen molar-refractivity contribution < 1.29 is 19.7 Å². The summed E-state index contributed by atoms with van der Waals surface area (Å²) in [5.74, 6) is -0.217. The van der Waals surface area contributed by atoms with Crippen LogP contribution in [-0.4, -0.2) is 26.9 Å². The lowest BCUT2D eigenvalue weighted by Crippen LogP contribution is -2.35. The van der Waals surface area contributed by atoms with Gasteiger partial charge in [-0.25, -0.2) is 4.79 Å². The van der Waals surface area contributed by atoms with E-state index in [0.29, 0.717) is 17.5 Å². The highest BCUT2D eigenvalue weighted by Gasteiger charge is 2.28. The van der Waals surface area contributed by atoms with Crippen LogP contribution >= 0.6 is 0 Å². The highest BCUT2D eigenvalue weighted by atomic mass is 16.6. The first-order valence-electron chi connectivity index (χ1n) is 6.07. The van der Waals surface area contributed by atoms with Crippen molar-refractivity contribution in [3.63, 3.8) is 0 Å². The fourth-order valence-corrected chi connectivity index (χ4v) is 2.04. The maximum Gasteiger partial charge on any atom is 0.408 e. The molecule has 2 rings (SSSR count). The number of hydrogen-bond donors (Lipinski definition) is 4. The van der Waals surface area contributed by atoms with E-state index in [9.17, 15) is 15.0 Å². The molecule has 0 aromatic carbocycles. The van der Waals surface area contributed by atoms with E-state index in [1.54, 1.807) is 26.8 Å². The zero-order valence-corrected chi connectivity index (χ0v) is 11.2. The molecule has 4 N–H and O–H groups in total. The van der Waals surface area contributed by atoms with Gasteiger partial charge in [0.2, 0.25) is 0 Å². The maximum atomic E-state index is 11.7. The van der Waals surface area contributed by atoms with E-state index in [-0.39, 0.29) is 11.8 Å². The number of rotatable bonds is 1. The molecule has 19 heavy (non-hydrogen) atoms. The Kier molecular flexibility index (Phi) is 3.18. The van der Waals surface area contributed by atoms with Crippen molar-refractivity contribution >= 4 is 6.09 Å². The number of fused-ring (bicyclic) bond motifs is 1. The van der Waals surface area contributed by atoms with Crippen LogP contribution in [0.2, 0.25) is 0 Å². The Morgan fingerprint density at radius 2 is 2.11 bits per heavy atom. The number of hydrogen-bond acceptors (Lipinski definition) is 4. The number of aromatic hydroxyl groups is 2. The first-order chi connectivity index (χ1) is 8.78. The van der Waals surface area contributed by atoms with Crippen molar-refractivity contribution in [3.8, 4) is 11.8 Å². The number of nitrogens with one attached hydrogen (secondary N) is 2. The standard InChI is InChI=1S/C13H18N2O4/c1-13(2,3)19-12(18)14-8-6-4-5-7-9(8)11(17)15-10(7)16/h4,6,8,15-17H,5H2,1-3H3,(H,14,18). The molecule has 1 heterocycles. The summed E-state index contributed by atoms with van der Waals surface area (Å²) >= 11 is 0. The third-order valence-electron chi connectivity index (χ3n) is 2.74. The van der Waals surface area contributed by atoms with Gasteiger partial charge in [0.05, 0.1) is 6.04 Å². The lowest BCUT2D eigenvalue weighted by molar-refractivity contribution is 0.0513. The van der Waals surface area contributed by atoms with Gasteiger partial charge in [-0.2, -0.15) is 0 Å². The molecule has 0 fully saturated rings. The molecular formula is C13H18N2O4. The monoisotopic (exact) mass is 266 g/mol. The van der Waals surface area contributed by atoms with Gasteiger partial charge in [0.15, 0.2) is 11.8 Å². The largest absolute Gasteiger partial charge is 0.494 e. The van der Waals surface area contributed by atoms with Gasteiger partial charge in [-0.1, -0.05) is 12.2 Å². The van der Waals surface area contributed by atoms with Gasteiger partial charge < -0.3 is 20.3 Å². The van der Waals surface area contributed by atoms with E-state index in [1.165, 1.54) is 0 Å². The second-order valence-electron chi connectivity index (χ2n) is 5.47. The van der Waals surface area contributed by atoms with Gasteiger partial charge in [-0.15, -0.1) is 0 Å². The van der Waals surface area contributed by atoms with E-state index in [4.69, 9.17) is 4.74 Å². The summed E-state index contributed by atoms with van der Waals surface area (Å²) in [5, 5.41) is 22.0. The van der Waals surface area contributed by atoms with E-state index in [2.05, 4.69) is 10.3 Å². The summed E-state index contributed by atoms with van der Waals surface area (Å²) < 4.78 is 5.16. The molecule has 0 spiro atoms. The molecular weight excluding hydrogens is 248 g/mol. The van der Waals surface area contributed by atoms with Crippen LogP contribution in [0.15, 0.2) is 12.2 Å². The molecule has 0 saturated carbocycles. The minimum absolute atomic E-state index is 0.0761. The summed E-state index contributed by atoms with van der Waals surface area (Å²) in [6.45, 7) is 5.32. The van der Waals surface area contributed by atoms with Crippen molar-refractivity contribution in [2.75, 3.05) is 0 Å². The van der Waals surface area contributed by atoms with E-state index in [1.807, 2.05) is 6.08 Å². The van der Waals surface area contributed by atoms with E-state index in [0.717, 1.165) is 0 Å². The van der Waals surface area contributed by atoms with Crippen molar-refractivity contribution in [1.29, 1.82) is 0 Å². The first kappa shape index (κ1) is 13.3. The zero-order chi connectivity index (χ0) is 14.2. The molecule has 104 valence electrons. The van der Waals surface area contributed by atoms with Gasteiger partial charge in [-0.3, -0.25) is 4.98 Å². The van der Waals surface area contributed by atoms with Gasteiger partial charge in [-0.05, 0) is 27.2 Å². The molecule has 0 bridgehead atoms. The molecule has 0 radical (unpaired) electrons. The number of carbonyl (C=O) groups is 1. The number of H-pyrrole nitrogens is 1. The lowest BCUT2D eigenvalue weighted by atomic mass is 9.96. The highest BCUT2D eigenvalue weighted by molar-refractivity contribution is 5.69. The van der Waals surface area contributed by atoms with Gasteiger partial charge in [0.1, 0.15) is 5.60 Å². The summed E-state index contributed by atoms with van der Waals surface area (Å²) in [6.07, 6.45) is 3.50. The van der Waals surface area contributed by atoms with Crippen LogP contribution in [0.1, 0.15) is 37.9 Å². The molecule has 1 atom stereocenters. The summed E-state index contributed by atoms with van der Waals surface area (Å²) in [7, 11) is 0. The minimum atomic E-state index is -0.590. The molecule has 1 unspecified atom stereocenters. The van der Waals surface area contributed by atoms with Crippen molar-refractivity contribution in [2.24, 2.45) is 0 Å². The van der Waals surface area contributed by atoms with E-state index < -0.39 is 17.7 Å². The number of amides is 1. The molecule has 1 aromatic rings. The second kappa shape index (κ2) is 4.53. The smallest absolute Gasteiger partial charge is 0.408 e. The number of ether oxygens (including phenoxy) is 1. The lowest BCUT2D eigenvalue weighted by Gasteiger charge is -2.23. The second-order valence-corrected chi connectivity index (χ2v) is 5.47. The summed E-state index contributed by atoms with van der Waals surface area (Å²) in [5.41, 5.74) is 0.472. The van der Waals surface area contributed by atoms with E-state index >= 15 is 0 Å². The molecule has 6 nitrogen and oxygen atoms in total. The Bertz CT molecular complexity index is 525. The zero-order valence-electron chi connectivity index (χ0n) is 11.2. The van der Waals surface area contributed by atoms with Crippen molar-refractivity contribution in [2.45, 2.75) is 38.8 Å². The average Bonchev–Trinajstić information content (AvgIpc) is 2.53. The Morgan fingerprint density at radius 1 is 1.42 bits per heavy atom. The summed E-state index contributed by atoms with van der Waals surface area (Å²) in [4.78, 5) is 14.2. The Morgan fingerprint density at radius 3 is 2.74 bits per heavy atom. The van der Waals surface area contributed by atoms with Crippen LogP contribution in [0.25, 0.3) is 0 Å². The number of carbonyl (C=O) groups excluding carboxylic acids is 1. The first-order valence-corrected chi connectivity index (χ1v) is 6.07. The van der Waals surface area contributed by atoms with Crippen LogP contribution in [0, 0.1) is 0 Å². The third kappa shape index (κ3) is 2.83. The fraction of sp³-hybridized carbons (Fsp3) is 0.462. The molecule has 1 aliphatic carbocycles. The normalized spacial score (nSPS) is 17.9. The Hall–Kier alpha value is -2.11. The Labute approximate surface area is 111 Å². The topological polar surface area (TPSA) is 94.6 Å². The van der Waals surface area contributed by atoms with Gasteiger partial charge in [0, 0.05) is 11.1 Å². The summed E-state index contributed by atoms with van der Waals surface area (Å²) in [6, 6.07) is -0.518. The Balaban J connectivity index is 2.17. The van der Waals surface area contributed by atoms with Crippen LogP contribution < -0.4 is 5.32 Å². The van der Waals surface area contributed by atoms with Crippen LogP contribution in [-0.2, 0) is 11.2 Å². The fourth-order valence-electron chi connectivity index (χ4n) is 2.04. The molecule has 1 amide bonds. The van der Waals surface area contributed by atoms with Crippen LogP contribution in [0.5, 0.6) is 11.8 Å². The predicted molar refractivity (Wildman–Crippen MR) is 69.1 cm³/mol. The van der Waals surface area contributed by atoms with Gasteiger partial charge >= 0.3 is 6.09 Å².